The molecule has 0 aliphatic carbocycles. The van der Waals surface area contributed by atoms with Gasteiger partial charge in [0, 0.05) is 12.2 Å². The molecule has 0 radical (unpaired) electrons. The summed E-state index contributed by atoms with van der Waals surface area (Å²) in [6.07, 6.45) is 0.397. The smallest absolute Gasteiger partial charge is 0.245 e. The number of anilines is 1. The molecule has 2 aromatic rings. The lowest BCUT2D eigenvalue weighted by atomic mass is 10.1. The van der Waals surface area contributed by atoms with Gasteiger partial charge in [0.1, 0.15) is 11.9 Å². The summed E-state index contributed by atoms with van der Waals surface area (Å²) in [5, 5.41) is 0. The van der Waals surface area contributed by atoms with E-state index in [1.165, 1.54) is 18.2 Å². The number of carbonyl (C=O) groups excluding carboxylic acids is 1. The van der Waals surface area contributed by atoms with Crippen LogP contribution in [0.2, 0.25) is 0 Å². The second kappa shape index (κ2) is 7.17. The number of nitrogens with zero attached hydrogens (tertiary/aromatic N) is 1. The Morgan fingerprint density at radius 2 is 1.92 bits per heavy atom. The van der Waals surface area contributed by atoms with E-state index in [-0.39, 0.29) is 11.7 Å². The molecule has 1 atom stereocenters. The minimum Gasteiger partial charge on any atom is -0.311 e. The number of hydrogen-bond acceptors (Lipinski definition) is 3. The van der Waals surface area contributed by atoms with E-state index in [1.807, 2.05) is 32.0 Å². The highest BCUT2D eigenvalue weighted by molar-refractivity contribution is 7.88. The number of nitrogens with one attached hydrogen (secondary N) is 1. The van der Waals surface area contributed by atoms with Gasteiger partial charge in [-0.2, -0.15) is 0 Å². The summed E-state index contributed by atoms with van der Waals surface area (Å²) < 4.78 is 40.4. The van der Waals surface area contributed by atoms with E-state index in [0.717, 1.165) is 16.8 Å². The van der Waals surface area contributed by atoms with Crippen molar-refractivity contribution in [2.75, 3.05) is 11.4 Å². The van der Waals surface area contributed by atoms with Gasteiger partial charge in [-0.3, -0.25) is 4.79 Å². The van der Waals surface area contributed by atoms with Crippen LogP contribution in [-0.2, 0) is 20.6 Å². The summed E-state index contributed by atoms with van der Waals surface area (Å²) in [6.45, 7) is 4.42. The quantitative estimate of drug-likeness (QED) is 0.872. The summed E-state index contributed by atoms with van der Waals surface area (Å²) in [4.78, 5) is 14.2. The third-order valence-corrected chi connectivity index (χ3v) is 5.93. The van der Waals surface area contributed by atoms with Crippen LogP contribution in [-0.4, -0.2) is 26.9 Å². The topological polar surface area (TPSA) is 66.5 Å². The third kappa shape index (κ3) is 4.11. The Kier molecular flexibility index (Phi) is 5.11. The number of amides is 1. The average molecular weight is 376 g/mol. The maximum Gasteiger partial charge on any atom is 0.245 e. The molecule has 1 saturated heterocycles. The highest BCUT2D eigenvalue weighted by Gasteiger charge is 2.35. The molecule has 0 bridgehead atoms. The van der Waals surface area contributed by atoms with Crippen LogP contribution >= 0.6 is 0 Å². The van der Waals surface area contributed by atoms with Gasteiger partial charge in [0.15, 0.2) is 0 Å². The molecule has 3 rings (SSSR count). The Labute approximate surface area is 152 Å². The van der Waals surface area contributed by atoms with E-state index in [9.17, 15) is 17.6 Å². The van der Waals surface area contributed by atoms with E-state index >= 15 is 0 Å². The Balaban J connectivity index is 1.70. The lowest BCUT2D eigenvalue weighted by molar-refractivity contribution is -0.118. The van der Waals surface area contributed by atoms with Gasteiger partial charge in [-0.25, -0.2) is 17.5 Å². The van der Waals surface area contributed by atoms with Crippen molar-refractivity contribution in [1.29, 1.82) is 0 Å². The van der Waals surface area contributed by atoms with Crippen LogP contribution in [0.3, 0.4) is 0 Å². The van der Waals surface area contributed by atoms with Gasteiger partial charge < -0.3 is 4.90 Å². The number of sulfonamides is 1. The van der Waals surface area contributed by atoms with Gasteiger partial charge in [-0.1, -0.05) is 18.2 Å². The largest absolute Gasteiger partial charge is 0.311 e. The van der Waals surface area contributed by atoms with Crippen molar-refractivity contribution in [1.82, 2.24) is 4.72 Å². The molecule has 1 heterocycles. The summed E-state index contributed by atoms with van der Waals surface area (Å²) in [5.74, 6) is -1.12. The van der Waals surface area contributed by atoms with Gasteiger partial charge in [0.2, 0.25) is 15.9 Å². The maximum absolute atomic E-state index is 13.2. The molecule has 0 unspecified atom stereocenters. The molecule has 1 aliphatic heterocycles. The van der Waals surface area contributed by atoms with Crippen molar-refractivity contribution >= 4 is 21.6 Å². The summed E-state index contributed by atoms with van der Waals surface area (Å²) in [6, 6.07) is 10.4. The number of rotatable bonds is 5. The molecule has 26 heavy (non-hydrogen) atoms. The predicted molar refractivity (Wildman–Crippen MR) is 98.8 cm³/mol. The third-order valence-electron chi connectivity index (χ3n) is 4.58. The number of benzene rings is 2. The first-order chi connectivity index (χ1) is 12.2. The number of carbonyl (C=O) groups is 1. The van der Waals surface area contributed by atoms with E-state index < -0.39 is 21.9 Å². The van der Waals surface area contributed by atoms with Crippen LogP contribution < -0.4 is 9.62 Å². The number of hydrogen-bond donors (Lipinski definition) is 1. The molecule has 2 aromatic carbocycles. The molecule has 5 nitrogen and oxygen atoms in total. The van der Waals surface area contributed by atoms with Crippen LogP contribution in [0.15, 0.2) is 42.5 Å². The van der Waals surface area contributed by atoms with Crippen LogP contribution in [0.5, 0.6) is 0 Å². The minimum atomic E-state index is -3.75. The van der Waals surface area contributed by atoms with Crippen molar-refractivity contribution in [3.8, 4) is 0 Å². The first kappa shape index (κ1) is 18.5. The monoisotopic (exact) mass is 376 g/mol. The fourth-order valence-electron chi connectivity index (χ4n) is 3.04. The lowest BCUT2D eigenvalue weighted by Crippen LogP contribution is -2.42. The predicted octanol–water partition coefficient (Wildman–Crippen LogP) is 2.67. The highest BCUT2D eigenvalue weighted by atomic mass is 32.2. The second-order valence-corrected chi connectivity index (χ2v) is 8.36. The molecule has 0 spiro atoms. The maximum atomic E-state index is 13.2. The summed E-state index contributed by atoms with van der Waals surface area (Å²) >= 11 is 0. The van der Waals surface area contributed by atoms with Crippen molar-refractivity contribution in [2.24, 2.45) is 0 Å². The van der Waals surface area contributed by atoms with Crippen LogP contribution in [0.25, 0.3) is 0 Å². The van der Waals surface area contributed by atoms with Crippen molar-refractivity contribution in [3.05, 3.63) is 65.0 Å². The lowest BCUT2D eigenvalue weighted by Gasteiger charge is -2.18. The Morgan fingerprint density at radius 3 is 2.62 bits per heavy atom. The molecule has 138 valence electrons. The Bertz CT molecular complexity index is 944. The number of aryl methyl sites for hydroxylation is 2. The van der Waals surface area contributed by atoms with Crippen LogP contribution in [0.4, 0.5) is 10.1 Å². The molecular formula is C19H21FN2O3S. The molecule has 1 fully saturated rings. The fraction of sp³-hybridized carbons (Fsp3) is 0.316. The van der Waals surface area contributed by atoms with E-state index in [2.05, 4.69) is 4.72 Å². The van der Waals surface area contributed by atoms with E-state index in [1.54, 1.807) is 11.0 Å². The standard InChI is InChI=1S/C19H21FN2O3S/c1-13-6-7-17(10-14(13)2)22-9-8-18(19(22)23)21-26(24,25)12-15-4-3-5-16(20)11-15/h3-7,10-11,18,21H,8-9,12H2,1-2H3/t18-/m0/s1. The zero-order valence-corrected chi connectivity index (χ0v) is 15.5. The second-order valence-electron chi connectivity index (χ2n) is 6.61. The zero-order chi connectivity index (χ0) is 18.9. The van der Waals surface area contributed by atoms with Crippen LogP contribution in [0, 0.1) is 19.7 Å². The van der Waals surface area contributed by atoms with Gasteiger partial charge >= 0.3 is 0 Å². The first-order valence-electron chi connectivity index (χ1n) is 8.38. The fourth-order valence-corrected chi connectivity index (χ4v) is 4.40. The molecule has 1 aliphatic rings. The van der Waals surface area contributed by atoms with Crippen molar-refractivity contribution in [3.63, 3.8) is 0 Å². The van der Waals surface area contributed by atoms with Gasteiger partial charge in [0.05, 0.1) is 5.75 Å². The highest BCUT2D eigenvalue weighted by Crippen LogP contribution is 2.24. The molecular weight excluding hydrogens is 355 g/mol. The molecule has 1 amide bonds. The first-order valence-corrected chi connectivity index (χ1v) is 10.0. The Morgan fingerprint density at radius 1 is 1.15 bits per heavy atom. The molecule has 1 N–H and O–H groups in total. The van der Waals surface area contributed by atoms with E-state index in [0.29, 0.717) is 18.5 Å². The van der Waals surface area contributed by atoms with Crippen molar-refractivity contribution in [2.45, 2.75) is 32.1 Å². The van der Waals surface area contributed by atoms with Crippen LogP contribution in [0.1, 0.15) is 23.1 Å². The normalized spacial score (nSPS) is 17.7. The average Bonchev–Trinajstić information content (AvgIpc) is 2.90. The van der Waals surface area contributed by atoms with Gasteiger partial charge in [-0.05, 0) is 61.2 Å². The van der Waals surface area contributed by atoms with Gasteiger partial charge in [0.25, 0.3) is 0 Å². The molecule has 7 heteroatoms. The van der Waals surface area contributed by atoms with Gasteiger partial charge in [-0.15, -0.1) is 0 Å². The molecule has 0 aromatic heterocycles. The number of halogens is 1. The summed E-state index contributed by atoms with van der Waals surface area (Å²) in [7, 11) is -3.75. The zero-order valence-electron chi connectivity index (χ0n) is 14.7. The minimum absolute atomic E-state index is 0.268. The SMILES string of the molecule is Cc1ccc(N2CC[C@H](NS(=O)(=O)Cc3cccc(F)c3)C2=O)cc1C. The summed E-state index contributed by atoms with van der Waals surface area (Å²) in [5.41, 5.74) is 3.32. The Hall–Kier alpha value is -2.25. The van der Waals surface area contributed by atoms with Crippen molar-refractivity contribution < 1.29 is 17.6 Å². The molecule has 0 saturated carbocycles. The van der Waals surface area contributed by atoms with E-state index in [4.69, 9.17) is 0 Å².